The molecular weight excluding hydrogens is 312 g/mol. The number of ether oxygens (including phenoxy) is 2. The van der Waals surface area contributed by atoms with Gasteiger partial charge in [-0.2, -0.15) is 0 Å². The van der Waals surface area contributed by atoms with Crippen LogP contribution in [0.1, 0.15) is 22.3 Å². The molecule has 0 aliphatic rings. The van der Waals surface area contributed by atoms with E-state index >= 15 is 0 Å². The number of nitrogens with one attached hydrogen (secondary N) is 2. The first kappa shape index (κ1) is 17.4. The lowest BCUT2D eigenvalue weighted by Gasteiger charge is -2.11. The number of benzene rings is 1. The first-order chi connectivity index (χ1) is 11.6. The largest absolute Gasteiger partial charge is 0.497 e. The zero-order valence-electron chi connectivity index (χ0n) is 13.6. The van der Waals surface area contributed by atoms with Crippen LogP contribution in [-0.4, -0.2) is 32.6 Å². The Bertz CT molecular complexity index is 682. The zero-order valence-corrected chi connectivity index (χ0v) is 13.6. The maximum Gasteiger partial charge on any atom is 0.254 e. The summed E-state index contributed by atoms with van der Waals surface area (Å²) in [5, 5.41) is 5.44. The van der Waals surface area contributed by atoms with E-state index in [1.54, 1.807) is 38.5 Å². The molecule has 0 saturated heterocycles. The molecule has 7 nitrogen and oxygen atoms in total. The normalized spacial score (nSPS) is 10.1. The summed E-state index contributed by atoms with van der Waals surface area (Å²) < 4.78 is 15.3. The summed E-state index contributed by atoms with van der Waals surface area (Å²) in [7, 11) is 3.14. The molecule has 7 heteroatoms. The predicted octanol–water partition coefficient (Wildman–Crippen LogP) is 1.73. The topological polar surface area (TPSA) is 89.8 Å². The van der Waals surface area contributed by atoms with Crippen molar-refractivity contribution in [2.24, 2.45) is 0 Å². The third-order valence-corrected chi connectivity index (χ3v) is 3.38. The second-order valence-electron chi connectivity index (χ2n) is 4.97. The molecule has 2 aromatic rings. The highest BCUT2D eigenvalue weighted by Gasteiger charge is 2.09. The quantitative estimate of drug-likeness (QED) is 0.768. The molecule has 0 spiro atoms. The number of hydrogen-bond acceptors (Lipinski definition) is 5. The summed E-state index contributed by atoms with van der Waals surface area (Å²) >= 11 is 0. The molecule has 0 atom stereocenters. The van der Waals surface area contributed by atoms with Crippen molar-refractivity contribution in [2.75, 3.05) is 20.8 Å². The Morgan fingerprint density at radius 3 is 2.62 bits per heavy atom. The van der Waals surface area contributed by atoms with Gasteiger partial charge in [-0.1, -0.05) is 0 Å². The number of carbonyl (C=O) groups excluding carboxylic acids is 2. The molecule has 0 saturated carbocycles. The van der Waals surface area contributed by atoms with Gasteiger partial charge in [-0.15, -0.1) is 0 Å². The van der Waals surface area contributed by atoms with Gasteiger partial charge in [0, 0.05) is 25.1 Å². The van der Waals surface area contributed by atoms with E-state index in [1.807, 2.05) is 0 Å². The first-order valence-corrected chi connectivity index (χ1v) is 7.42. The van der Waals surface area contributed by atoms with Crippen molar-refractivity contribution in [3.63, 3.8) is 0 Å². The van der Waals surface area contributed by atoms with E-state index < -0.39 is 0 Å². The molecule has 128 valence electrons. The summed E-state index contributed by atoms with van der Waals surface area (Å²) in [4.78, 5) is 23.6. The van der Waals surface area contributed by atoms with Crippen LogP contribution in [-0.2, 0) is 11.3 Å². The number of carbonyl (C=O) groups is 2. The third kappa shape index (κ3) is 4.77. The minimum absolute atomic E-state index is 0.174. The van der Waals surface area contributed by atoms with Crippen molar-refractivity contribution in [2.45, 2.75) is 13.0 Å². The van der Waals surface area contributed by atoms with E-state index in [1.165, 1.54) is 12.5 Å². The summed E-state index contributed by atoms with van der Waals surface area (Å²) in [6, 6.07) is 6.94. The van der Waals surface area contributed by atoms with Crippen molar-refractivity contribution < 1.29 is 23.5 Å². The first-order valence-electron chi connectivity index (χ1n) is 7.42. The second-order valence-corrected chi connectivity index (χ2v) is 4.97. The van der Waals surface area contributed by atoms with Crippen LogP contribution in [0.2, 0.25) is 0 Å². The Kier molecular flexibility index (Phi) is 6.24. The maximum absolute atomic E-state index is 11.9. The van der Waals surface area contributed by atoms with Gasteiger partial charge in [0.1, 0.15) is 17.8 Å². The van der Waals surface area contributed by atoms with Crippen LogP contribution in [0.25, 0.3) is 0 Å². The van der Waals surface area contributed by atoms with Crippen LogP contribution in [0.15, 0.2) is 41.2 Å². The van der Waals surface area contributed by atoms with Crippen LogP contribution in [0.3, 0.4) is 0 Å². The van der Waals surface area contributed by atoms with Gasteiger partial charge in [-0.05, 0) is 24.3 Å². The fourth-order valence-electron chi connectivity index (χ4n) is 2.09. The molecule has 1 aromatic heterocycles. The van der Waals surface area contributed by atoms with Crippen LogP contribution in [0.4, 0.5) is 0 Å². The summed E-state index contributed by atoms with van der Waals surface area (Å²) in [6.45, 7) is 0.556. The Morgan fingerprint density at radius 1 is 1.12 bits per heavy atom. The van der Waals surface area contributed by atoms with Crippen molar-refractivity contribution in [1.29, 1.82) is 0 Å². The molecule has 2 N–H and O–H groups in total. The van der Waals surface area contributed by atoms with Gasteiger partial charge < -0.3 is 24.5 Å². The summed E-state index contributed by atoms with van der Waals surface area (Å²) in [6.07, 6.45) is 2.95. The Hall–Kier alpha value is -2.96. The molecule has 1 heterocycles. The minimum atomic E-state index is -0.272. The smallest absolute Gasteiger partial charge is 0.254 e. The Balaban J connectivity index is 1.78. The monoisotopic (exact) mass is 332 g/mol. The molecule has 1 aromatic carbocycles. The number of hydrogen-bond donors (Lipinski definition) is 2. The van der Waals surface area contributed by atoms with Crippen LogP contribution in [0.5, 0.6) is 11.5 Å². The summed E-state index contributed by atoms with van der Waals surface area (Å²) in [5.41, 5.74) is 1.24. The van der Waals surface area contributed by atoms with Crippen molar-refractivity contribution in [3.05, 3.63) is 47.9 Å². The molecule has 0 fully saturated rings. The number of methoxy groups -OCH3 is 2. The van der Waals surface area contributed by atoms with Crippen molar-refractivity contribution in [3.8, 4) is 11.5 Å². The highest BCUT2D eigenvalue weighted by molar-refractivity contribution is 5.94. The SMILES string of the molecule is COc1ccc(OC)c(CNC(=O)CCNC(=O)c2ccoc2)c1. The number of amides is 2. The lowest BCUT2D eigenvalue weighted by molar-refractivity contribution is -0.121. The molecule has 24 heavy (non-hydrogen) atoms. The van der Waals surface area contributed by atoms with Crippen LogP contribution in [0, 0.1) is 0 Å². The van der Waals surface area contributed by atoms with E-state index in [0.717, 1.165) is 5.56 Å². The van der Waals surface area contributed by atoms with Crippen LogP contribution < -0.4 is 20.1 Å². The number of furan rings is 1. The highest BCUT2D eigenvalue weighted by Crippen LogP contribution is 2.23. The average molecular weight is 332 g/mol. The fourth-order valence-corrected chi connectivity index (χ4v) is 2.09. The van der Waals surface area contributed by atoms with Gasteiger partial charge in [-0.3, -0.25) is 9.59 Å². The van der Waals surface area contributed by atoms with E-state index in [2.05, 4.69) is 10.6 Å². The van der Waals surface area contributed by atoms with Crippen molar-refractivity contribution in [1.82, 2.24) is 10.6 Å². The zero-order chi connectivity index (χ0) is 17.4. The van der Waals surface area contributed by atoms with Gasteiger partial charge in [0.2, 0.25) is 5.91 Å². The molecule has 2 rings (SSSR count). The van der Waals surface area contributed by atoms with E-state index in [0.29, 0.717) is 23.6 Å². The Morgan fingerprint density at radius 2 is 1.96 bits per heavy atom. The third-order valence-electron chi connectivity index (χ3n) is 3.38. The molecule has 0 radical (unpaired) electrons. The van der Waals surface area contributed by atoms with E-state index in [4.69, 9.17) is 13.9 Å². The second kappa shape index (κ2) is 8.61. The number of rotatable bonds is 8. The fraction of sp³-hybridized carbons (Fsp3) is 0.294. The van der Waals surface area contributed by atoms with Gasteiger partial charge in [-0.25, -0.2) is 0 Å². The van der Waals surface area contributed by atoms with Gasteiger partial charge in [0.25, 0.3) is 5.91 Å². The molecule has 0 aliphatic carbocycles. The molecule has 2 amide bonds. The lowest BCUT2D eigenvalue weighted by atomic mass is 10.2. The van der Waals surface area contributed by atoms with E-state index in [9.17, 15) is 9.59 Å². The van der Waals surface area contributed by atoms with Crippen LogP contribution >= 0.6 is 0 Å². The molecule has 0 unspecified atom stereocenters. The van der Waals surface area contributed by atoms with Gasteiger partial charge >= 0.3 is 0 Å². The highest BCUT2D eigenvalue weighted by atomic mass is 16.5. The van der Waals surface area contributed by atoms with Gasteiger partial charge in [0.15, 0.2) is 0 Å². The maximum atomic E-state index is 11.9. The van der Waals surface area contributed by atoms with E-state index in [-0.39, 0.29) is 24.8 Å². The van der Waals surface area contributed by atoms with Crippen molar-refractivity contribution >= 4 is 11.8 Å². The average Bonchev–Trinajstić information content (AvgIpc) is 3.14. The standard InChI is InChI=1S/C17H20N2O5/c1-22-14-3-4-15(23-2)13(9-14)10-19-16(20)5-7-18-17(21)12-6-8-24-11-12/h3-4,6,8-9,11H,5,7,10H2,1-2H3,(H,18,21)(H,19,20). The Labute approximate surface area is 139 Å². The summed E-state index contributed by atoms with van der Waals surface area (Å²) in [5.74, 6) is 0.912. The molecule has 0 aliphatic heterocycles. The minimum Gasteiger partial charge on any atom is -0.497 e. The molecular formula is C17H20N2O5. The lowest BCUT2D eigenvalue weighted by Crippen LogP contribution is -2.30. The van der Waals surface area contributed by atoms with Gasteiger partial charge in [0.05, 0.1) is 26.0 Å². The molecule has 0 bridgehead atoms. The predicted molar refractivity (Wildman–Crippen MR) is 87.1 cm³/mol.